The molecular weight excluding hydrogens is 280 g/mol. The van der Waals surface area contributed by atoms with Gasteiger partial charge in [-0.25, -0.2) is 0 Å². The minimum absolute atomic E-state index is 0.479. The molecule has 0 bridgehead atoms. The van der Waals surface area contributed by atoms with Gasteiger partial charge in [0.15, 0.2) is 0 Å². The summed E-state index contributed by atoms with van der Waals surface area (Å²) in [5.74, 6) is 3.82. The van der Waals surface area contributed by atoms with Crippen LogP contribution >= 0.6 is 0 Å². The average molecular weight is 317 g/mol. The highest BCUT2D eigenvalue weighted by molar-refractivity contribution is 5.21. The third-order valence-electron chi connectivity index (χ3n) is 8.97. The van der Waals surface area contributed by atoms with Crippen LogP contribution in [0, 0.1) is 34.5 Å². The molecule has 1 nitrogen and oxygen atoms in total. The van der Waals surface area contributed by atoms with Crippen molar-refractivity contribution in [3.8, 4) is 0 Å². The summed E-state index contributed by atoms with van der Waals surface area (Å²) in [6.45, 7) is 12.7. The summed E-state index contributed by atoms with van der Waals surface area (Å²) in [4.78, 5) is 0. The first-order valence-electron chi connectivity index (χ1n) is 10.3. The second kappa shape index (κ2) is 5.61. The summed E-state index contributed by atoms with van der Waals surface area (Å²) in [7, 11) is 0. The van der Waals surface area contributed by atoms with Gasteiger partial charge in [0, 0.05) is 6.61 Å². The summed E-state index contributed by atoms with van der Waals surface area (Å²) in [6, 6.07) is 0. The van der Waals surface area contributed by atoms with E-state index in [9.17, 15) is 0 Å². The molecule has 130 valence electrons. The fourth-order valence-electron chi connectivity index (χ4n) is 7.51. The Morgan fingerprint density at radius 1 is 1.04 bits per heavy atom. The Morgan fingerprint density at radius 2 is 1.87 bits per heavy atom. The molecule has 0 aromatic heterocycles. The van der Waals surface area contributed by atoms with E-state index in [0.717, 1.165) is 30.3 Å². The fraction of sp³-hybridized carbons (Fsp3) is 0.909. The van der Waals surface area contributed by atoms with Crippen molar-refractivity contribution < 1.29 is 4.74 Å². The van der Waals surface area contributed by atoms with Gasteiger partial charge in [0.25, 0.3) is 0 Å². The number of hydrogen-bond acceptors (Lipinski definition) is 1. The van der Waals surface area contributed by atoms with Gasteiger partial charge in [0.2, 0.25) is 0 Å². The molecule has 4 aliphatic rings. The van der Waals surface area contributed by atoms with Gasteiger partial charge >= 0.3 is 0 Å². The third kappa shape index (κ3) is 2.29. The lowest BCUT2D eigenvalue weighted by Gasteiger charge is -2.60. The first-order chi connectivity index (χ1) is 11.0. The van der Waals surface area contributed by atoms with Crippen LogP contribution in [-0.2, 0) is 4.74 Å². The Labute approximate surface area is 143 Å². The lowest BCUT2D eigenvalue weighted by molar-refractivity contribution is -0.125. The zero-order valence-corrected chi connectivity index (χ0v) is 15.6. The predicted octanol–water partition coefficient (Wildman–Crippen LogP) is 5.99. The molecule has 7 unspecified atom stereocenters. The van der Waals surface area contributed by atoms with E-state index in [1.807, 2.05) is 0 Å². The molecule has 0 saturated heterocycles. The van der Waals surface area contributed by atoms with Gasteiger partial charge in [0.1, 0.15) is 0 Å². The number of ether oxygens (including phenoxy) is 1. The van der Waals surface area contributed by atoms with Gasteiger partial charge in [-0.1, -0.05) is 26.0 Å². The summed E-state index contributed by atoms with van der Waals surface area (Å²) < 4.78 is 6.00. The molecule has 0 N–H and O–H groups in total. The number of allylic oxidation sites excluding steroid dienone is 1. The highest BCUT2D eigenvalue weighted by Crippen LogP contribution is 2.67. The molecule has 0 amide bonds. The normalized spacial score (nSPS) is 52.7. The van der Waals surface area contributed by atoms with Crippen molar-refractivity contribution in [2.75, 3.05) is 6.61 Å². The van der Waals surface area contributed by atoms with E-state index in [0.29, 0.717) is 16.9 Å². The monoisotopic (exact) mass is 316 g/mol. The molecule has 0 spiro atoms. The first kappa shape index (κ1) is 16.2. The van der Waals surface area contributed by atoms with E-state index in [2.05, 4.69) is 27.4 Å². The quantitative estimate of drug-likeness (QED) is 0.568. The van der Waals surface area contributed by atoms with Crippen molar-refractivity contribution in [2.45, 2.75) is 84.7 Å². The molecule has 0 radical (unpaired) electrons. The van der Waals surface area contributed by atoms with Crippen molar-refractivity contribution >= 4 is 0 Å². The Morgan fingerprint density at radius 3 is 2.65 bits per heavy atom. The van der Waals surface area contributed by atoms with E-state index in [4.69, 9.17) is 4.74 Å². The standard InChI is InChI=1S/C22H36O/c1-5-23-17-10-12-22(4)16(14-17)7-8-18-19-9-6-15(2)21(19,3)13-11-20(18)22/h16-20H,2,5-14H2,1,3-4H3. The van der Waals surface area contributed by atoms with Crippen LogP contribution in [0.5, 0.6) is 0 Å². The topological polar surface area (TPSA) is 9.23 Å². The Balaban J connectivity index is 1.56. The van der Waals surface area contributed by atoms with Crippen molar-refractivity contribution in [1.29, 1.82) is 0 Å². The molecule has 0 aromatic carbocycles. The maximum absolute atomic E-state index is 6.00. The van der Waals surface area contributed by atoms with Crippen LogP contribution in [0.2, 0.25) is 0 Å². The highest BCUT2D eigenvalue weighted by atomic mass is 16.5. The van der Waals surface area contributed by atoms with Crippen molar-refractivity contribution in [3.05, 3.63) is 12.2 Å². The summed E-state index contributed by atoms with van der Waals surface area (Å²) in [5, 5.41) is 0. The Hall–Kier alpha value is -0.300. The molecule has 1 heteroatoms. The number of fused-ring (bicyclic) bond motifs is 5. The van der Waals surface area contributed by atoms with Crippen LogP contribution < -0.4 is 0 Å². The zero-order chi connectivity index (χ0) is 16.2. The second-order valence-corrected chi connectivity index (χ2v) is 9.61. The molecule has 0 aromatic rings. The highest BCUT2D eigenvalue weighted by Gasteiger charge is 2.58. The minimum atomic E-state index is 0.479. The van der Waals surface area contributed by atoms with Crippen LogP contribution in [0.15, 0.2) is 12.2 Å². The van der Waals surface area contributed by atoms with E-state index < -0.39 is 0 Å². The van der Waals surface area contributed by atoms with Gasteiger partial charge < -0.3 is 4.74 Å². The average Bonchev–Trinajstić information content (AvgIpc) is 2.84. The number of rotatable bonds is 2. The lowest BCUT2D eigenvalue weighted by Crippen LogP contribution is -2.53. The fourth-order valence-corrected chi connectivity index (χ4v) is 7.51. The van der Waals surface area contributed by atoms with Crippen molar-refractivity contribution in [2.24, 2.45) is 34.5 Å². The lowest BCUT2D eigenvalue weighted by atomic mass is 9.45. The van der Waals surface area contributed by atoms with Gasteiger partial charge in [-0.2, -0.15) is 0 Å². The van der Waals surface area contributed by atoms with Crippen LogP contribution in [0.3, 0.4) is 0 Å². The number of hydrogen-bond donors (Lipinski definition) is 0. The smallest absolute Gasteiger partial charge is 0.0578 e. The first-order valence-corrected chi connectivity index (χ1v) is 10.3. The minimum Gasteiger partial charge on any atom is -0.378 e. The van der Waals surface area contributed by atoms with Crippen LogP contribution in [0.4, 0.5) is 0 Å². The maximum atomic E-state index is 6.00. The molecule has 0 aliphatic heterocycles. The Bertz CT molecular complexity index is 482. The molecule has 4 saturated carbocycles. The van der Waals surface area contributed by atoms with E-state index >= 15 is 0 Å². The maximum Gasteiger partial charge on any atom is 0.0578 e. The van der Waals surface area contributed by atoms with Crippen molar-refractivity contribution in [1.82, 2.24) is 0 Å². The summed E-state index contributed by atoms with van der Waals surface area (Å²) in [5.41, 5.74) is 2.66. The molecule has 4 fully saturated rings. The van der Waals surface area contributed by atoms with Gasteiger partial charge in [0.05, 0.1) is 6.10 Å². The zero-order valence-electron chi connectivity index (χ0n) is 15.6. The molecule has 4 aliphatic carbocycles. The molecule has 4 rings (SSSR count). The van der Waals surface area contributed by atoms with Crippen molar-refractivity contribution in [3.63, 3.8) is 0 Å². The van der Waals surface area contributed by atoms with Gasteiger partial charge in [-0.3, -0.25) is 0 Å². The molecular formula is C22H36O. The van der Waals surface area contributed by atoms with Gasteiger partial charge in [-0.05, 0) is 99.2 Å². The SMILES string of the molecule is C=C1CCC2C3CCC4CC(OCC)CCC4(C)C3CCC12C. The predicted molar refractivity (Wildman–Crippen MR) is 96.3 cm³/mol. The third-order valence-corrected chi connectivity index (χ3v) is 8.97. The largest absolute Gasteiger partial charge is 0.378 e. The second-order valence-electron chi connectivity index (χ2n) is 9.61. The van der Waals surface area contributed by atoms with E-state index in [1.54, 1.807) is 5.57 Å². The summed E-state index contributed by atoms with van der Waals surface area (Å²) >= 11 is 0. The van der Waals surface area contributed by atoms with Crippen LogP contribution in [-0.4, -0.2) is 12.7 Å². The van der Waals surface area contributed by atoms with Gasteiger partial charge in [-0.15, -0.1) is 0 Å². The molecule has 0 heterocycles. The van der Waals surface area contributed by atoms with E-state index in [1.165, 1.54) is 57.8 Å². The Kier molecular flexibility index (Phi) is 3.95. The molecule has 23 heavy (non-hydrogen) atoms. The molecule has 7 atom stereocenters. The van der Waals surface area contributed by atoms with E-state index in [-0.39, 0.29) is 0 Å². The van der Waals surface area contributed by atoms with Crippen LogP contribution in [0.1, 0.15) is 78.6 Å². The summed E-state index contributed by atoms with van der Waals surface area (Å²) in [6.07, 6.45) is 13.1. The van der Waals surface area contributed by atoms with Crippen LogP contribution in [0.25, 0.3) is 0 Å².